The molecule has 0 amide bonds. The minimum Gasteiger partial charge on any atom is -0.476 e. The van der Waals surface area contributed by atoms with E-state index in [1.807, 2.05) is 6.92 Å². The number of hydrogen-bond donors (Lipinski definition) is 1. The van der Waals surface area contributed by atoms with Crippen LogP contribution in [0.1, 0.15) is 31.7 Å². The van der Waals surface area contributed by atoms with E-state index in [1.165, 1.54) is 6.07 Å². The van der Waals surface area contributed by atoms with Gasteiger partial charge in [-0.05, 0) is 32.3 Å². The summed E-state index contributed by atoms with van der Waals surface area (Å²) in [5.74, 6) is 0.953. The highest BCUT2D eigenvalue weighted by atomic mass is 19.4. The van der Waals surface area contributed by atoms with Crippen LogP contribution in [0.3, 0.4) is 0 Å². The number of likely N-dealkylation sites (tertiary alicyclic amines) is 1. The van der Waals surface area contributed by atoms with Gasteiger partial charge >= 0.3 is 6.18 Å². The zero-order valence-corrected chi connectivity index (χ0v) is 17.6. The molecule has 30 heavy (non-hydrogen) atoms. The molecule has 0 atom stereocenters. The number of nitrogens with one attached hydrogen (secondary N) is 1. The predicted molar refractivity (Wildman–Crippen MR) is 108 cm³/mol. The quantitative estimate of drug-likeness (QED) is 0.348. The number of aliphatic imine (C=N–C) groups is 1. The number of aromatic nitrogens is 1. The molecule has 0 unspecified atom stereocenters. The molecule has 0 spiro atoms. The smallest absolute Gasteiger partial charge is 0.417 e. The molecular weight excluding hydrogens is 401 g/mol. The number of guanidine groups is 1. The molecule has 1 fully saturated rings. The maximum Gasteiger partial charge on any atom is 0.417 e. The van der Waals surface area contributed by atoms with Crippen molar-refractivity contribution >= 4 is 5.96 Å². The van der Waals surface area contributed by atoms with Gasteiger partial charge in [-0.25, -0.2) is 9.98 Å². The van der Waals surface area contributed by atoms with Gasteiger partial charge in [0, 0.05) is 52.2 Å². The van der Waals surface area contributed by atoms with Crippen LogP contribution in [0.25, 0.3) is 0 Å². The van der Waals surface area contributed by atoms with Crippen molar-refractivity contribution < 1.29 is 27.4 Å². The minimum atomic E-state index is -4.40. The maximum absolute atomic E-state index is 12.6. The molecule has 1 aliphatic heterocycles. The van der Waals surface area contributed by atoms with Gasteiger partial charge in [0.15, 0.2) is 5.96 Å². The Kier molecular flexibility index (Phi) is 10.2. The van der Waals surface area contributed by atoms with Crippen LogP contribution in [0, 0.1) is 0 Å². The summed E-state index contributed by atoms with van der Waals surface area (Å²) in [4.78, 5) is 10.4. The molecule has 1 aromatic rings. The van der Waals surface area contributed by atoms with E-state index in [-0.39, 0.29) is 18.6 Å². The van der Waals surface area contributed by atoms with Crippen LogP contribution in [-0.4, -0.2) is 75.1 Å². The third-order valence-corrected chi connectivity index (χ3v) is 4.59. The zero-order chi connectivity index (χ0) is 21.8. The highest BCUT2D eigenvalue weighted by Crippen LogP contribution is 2.29. The van der Waals surface area contributed by atoms with E-state index >= 15 is 0 Å². The Morgan fingerprint density at radius 1 is 1.23 bits per heavy atom. The van der Waals surface area contributed by atoms with Gasteiger partial charge in [0.25, 0.3) is 0 Å². The highest BCUT2D eigenvalue weighted by Gasteiger charge is 2.30. The average Bonchev–Trinajstić information content (AvgIpc) is 2.74. The third kappa shape index (κ3) is 8.35. The third-order valence-electron chi connectivity index (χ3n) is 4.59. The number of hydrogen-bond acceptors (Lipinski definition) is 5. The predicted octanol–water partition coefficient (Wildman–Crippen LogP) is 2.96. The summed E-state index contributed by atoms with van der Waals surface area (Å²) in [6.07, 6.45) is -0.611. The summed E-state index contributed by atoms with van der Waals surface area (Å²) in [6.45, 7) is 6.47. The molecular formula is C20H31F3N4O3. The number of ether oxygens (including phenoxy) is 3. The van der Waals surface area contributed by atoms with Crippen molar-refractivity contribution in [1.29, 1.82) is 0 Å². The fourth-order valence-electron chi connectivity index (χ4n) is 3.05. The minimum absolute atomic E-state index is 0.148. The lowest BCUT2D eigenvalue weighted by Gasteiger charge is -2.34. The normalized spacial score (nSPS) is 16.0. The number of methoxy groups -OCH3 is 1. The first-order valence-corrected chi connectivity index (χ1v) is 10.2. The van der Waals surface area contributed by atoms with E-state index in [2.05, 4.69) is 20.2 Å². The highest BCUT2D eigenvalue weighted by molar-refractivity contribution is 5.80. The molecule has 0 aliphatic carbocycles. The molecule has 1 N–H and O–H groups in total. The van der Waals surface area contributed by atoms with Gasteiger partial charge in [0.05, 0.1) is 18.2 Å². The van der Waals surface area contributed by atoms with E-state index in [0.29, 0.717) is 19.8 Å². The lowest BCUT2D eigenvalue weighted by molar-refractivity contribution is -0.137. The van der Waals surface area contributed by atoms with E-state index in [4.69, 9.17) is 14.2 Å². The van der Waals surface area contributed by atoms with Crippen molar-refractivity contribution in [3.8, 4) is 5.88 Å². The molecule has 10 heteroatoms. The molecule has 170 valence electrons. The van der Waals surface area contributed by atoms with Gasteiger partial charge in [-0.15, -0.1) is 0 Å². The first kappa shape index (κ1) is 24.2. The molecule has 1 saturated heterocycles. The molecule has 1 aliphatic rings. The van der Waals surface area contributed by atoms with Crippen LogP contribution in [0.2, 0.25) is 0 Å². The van der Waals surface area contributed by atoms with Crippen LogP contribution in [0.5, 0.6) is 5.88 Å². The second-order valence-electron chi connectivity index (χ2n) is 6.87. The first-order valence-electron chi connectivity index (χ1n) is 10.2. The standard InChI is InChI=1S/C20H31F3N4O3/c1-3-24-19(27-10-7-17(8-11-27)29-13-4-12-28-2)25-9-14-30-18-6-5-16(15-26-18)20(21,22)23/h5-6,15,17H,3-4,7-14H2,1-2H3,(H,24,25). The lowest BCUT2D eigenvalue weighted by atomic mass is 10.1. The summed E-state index contributed by atoms with van der Waals surface area (Å²) in [7, 11) is 1.69. The van der Waals surface area contributed by atoms with Crippen LogP contribution in [0.4, 0.5) is 13.2 Å². The first-order chi connectivity index (χ1) is 14.4. The molecule has 0 aromatic carbocycles. The fourth-order valence-corrected chi connectivity index (χ4v) is 3.05. The van der Waals surface area contributed by atoms with Gasteiger partial charge in [-0.3, -0.25) is 0 Å². The van der Waals surface area contributed by atoms with E-state index in [0.717, 1.165) is 57.1 Å². The van der Waals surface area contributed by atoms with Crippen molar-refractivity contribution in [2.45, 2.75) is 38.5 Å². The topological polar surface area (TPSA) is 68.2 Å². The number of alkyl halides is 3. The zero-order valence-electron chi connectivity index (χ0n) is 17.6. The van der Waals surface area contributed by atoms with Gasteiger partial charge < -0.3 is 24.4 Å². The Bertz CT molecular complexity index is 633. The lowest BCUT2D eigenvalue weighted by Crippen LogP contribution is -2.47. The molecule has 1 aromatic heterocycles. The summed E-state index contributed by atoms with van der Waals surface area (Å²) in [5.41, 5.74) is -0.798. The van der Waals surface area contributed by atoms with Gasteiger partial charge in [-0.2, -0.15) is 13.2 Å². The Balaban J connectivity index is 1.75. The second kappa shape index (κ2) is 12.6. The van der Waals surface area contributed by atoms with Crippen LogP contribution < -0.4 is 10.1 Å². The SMILES string of the molecule is CCNC(=NCCOc1ccc(C(F)(F)F)cn1)N1CCC(OCCCOC)CC1. The summed E-state index contributed by atoms with van der Waals surface area (Å²) in [5, 5.41) is 3.27. The van der Waals surface area contributed by atoms with Crippen molar-refractivity contribution in [2.24, 2.45) is 4.99 Å². The molecule has 2 heterocycles. The molecule has 0 saturated carbocycles. The average molecular weight is 432 g/mol. The van der Waals surface area contributed by atoms with Gasteiger partial charge in [0.2, 0.25) is 5.88 Å². The Morgan fingerprint density at radius 2 is 2.00 bits per heavy atom. The van der Waals surface area contributed by atoms with Crippen molar-refractivity contribution in [3.05, 3.63) is 23.9 Å². The van der Waals surface area contributed by atoms with Crippen LogP contribution in [-0.2, 0) is 15.7 Å². The molecule has 2 rings (SSSR count). The summed E-state index contributed by atoms with van der Waals surface area (Å²) in [6, 6.07) is 2.17. The number of nitrogens with zero attached hydrogens (tertiary/aromatic N) is 3. The van der Waals surface area contributed by atoms with Gasteiger partial charge in [-0.1, -0.05) is 0 Å². The van der Waals surface area contributed by atoms with E-state index in [9.17, 15) is 13.2 Å². The molecule has 0 radical (unpaired) electrons. The van der Waals surface area contributed by atoms with E-state index < -0.39 is 11.7 Å². The molecule has 7 nitrogen and oxygen atoms in total. The maximum atomic E-state index is 12.6. The Hall–Kier alpha value is -2.07. The van der Waals surface area contributed by atoms with Crippen LogP contribution in [0.15, 0.2) is 23.3 Å². The number of pyridine rings is 1. The van der Waals surface area contributed by atoms with Gasteiger partial charge in [0.1, 0.15) is 6.61 Å². The number of halogens is 3. The number of rotatable bonds is 10. The summed E-state index contributed by atoms with van der Waals surface area (Å²) >= 11 is 0. The number of piperidine rings is 1. The van der Waals surface area contributed by atoms with Crippen LogP contribution >= 0.6 is 0 Å². The monoisotopic (exact) mass is 432 g/mol. The second-order valence-corrected chi connectivity index (χ2v) is 6.87. The van der Waals surface area contributed by atoms with E-state index in [1.54, 1.807) is 7.11 Å². The van der Waals surface area contributed by atoms with Crippen molar-refractivity contribution in [1.82, 2.24) is 15.2 Å². The Labute approximate surface area is 175 Å². The molecule has 0 bridgehead atoms. The fraction of sp³-hybridized carbons (Fsp3) is 0.700. The summed E-state index contributed by atoms with van der Waals surface area (Å²) < 4.78 is 54.0. The van der Waals surface area contributed by atoms with Crippen molar-refractivity contribution in [3.63, 3.8) is 0 Å². The Morgan fingerprint density at radius 3 is 2.60 bits per heavy atom. The van der Waals surface area contributed by atoms with Crippen molar-refractivity contribution in [2.75, 3.05) is 53.1 Å². The largest absolute Gasteiger partial charge is 0.476 e.